The van der Waals surface area contributed by atoms with E-state index in [0.29, 0.717) is 17.6 Å². The molecule has 0 amide bonds. The zero-order valence-electron chi connectivity index (χ0n) is 21.2. The van der Waals surface area contributed by atoms with Gasteiger partial charge in [-0.3, -0.25) is 9.59 Å². The van der Waals surface area contributed by atoms with Crippen molar-refractivity contribution < 1.29 is 39.2 Å². The number of esters is 2. The normalized spacial score (nSPS) is 44.3. The number of ether oxygens (including phenoxy) is 2. The van der Waals surface area contributed by atoms with Gasteiger partial charge in [0.2, 0.25) is 0 Å². The van der Waals surface area contributed by atoms with Crippen molar-refractivity contribution in [3.8, 4) is 0 Å². The Kier molecular flexibility index (Phi) is 6.18. The average molecular weight is 489 g/mol. The SMILES string of the molecule is C/C=C(/C)C(=O)OCC1=C[C@@H]2C(=O)[C@]3(C=C(C)[C@H](OC(C)=O)[C@@]3(O)[C@@H]1O)[C@H](C)C[C@@H]1[C@H]2[C@]1(C)CO. The topological polar surface area (TPSA) is 130 Å². The molecule has 2 fully saturated rings. The molecule has 2 saturated carbocycles. The van der Waals surface area contributed by atoms with E-state index in [2.05, 4.69) is 0 Å². The van der Waals surface area contributed by atoms with Crippen LogP contribution in [0.15, 0.2) is 34.9 Å². The van der Waals surface area contributed by atoms with E-state index in [1.165, 1.54) is 6.92 Å². The summed E-state index contributed by atoms with van der Waals surface area (Å²) in [6, 6.07) is 0. The highest BCUT2D eigenvalue weighted by Crippen LogP contribution is 2.71. The molecule has 8 nitrogen and oxygen atoms in total. The molecule has 4 aliphatic rings. The van der Waals surface area contributed by atoms with E-state index in [4.69, 9.17) is 9.47 Å². The van der Waals surface area contributed by atoms with Gasteiger partial charge in [-0.05, 0) is 61.5 Å². The molecule has 35 heavy (non-hydrogen) atoms. The summed E-state index contributed by atoms with van der Waals surface area (Å²) in [5.41, 5.74) is -3.08. The third-order valence-corrected chi connectivity index (χ3v) is 9.26. The lowest BCUT2D eigenvalue weighted by Gasteiger charge is -2.48. The number of carbonyl (C=O) groups is 3. The third kappa shape index (κ3) is 3.33. The molecule has 192 valence electrons. The van der Waals surface area contributed by atoms with Gasteiger partial charge in [-0.2, -0.15) is 0 Å². The Bertz CT molecular complexity index is 1060. The second-order valence-corrected chi connectivity index (χ2v) is 11.1. The molecule has 2 bridgehead atoms. The van der Waals surface area contributed by atoms with E-state index in [-0.39, 0.29) is 36.4 Å². The van der Waals surface area contributed by atoms with Crippen LogP contribution in [0.25, 0.3) is 0 Å². The summed E-state index contributed by atoms with van der Waals surface area (Å²) in [6.07, 6.45) is 2.59. The van der Waals surface area contributed by atoms with Crippen molar-refractivity contribution in [2.75, 3.05) is 13.2 Å². The van der Waals surface area contributed by atoms with E-state index in [9.17, 15) is 29.7 Å². The summed E-state index contributed by atoms with van der Waals surface area (Å²) in [6.45, 7) is 9.61. The molecule has 0 aromatic heterocycles. The van der Waals surface area contributed by atoms with Crippen LogP contribution in [0.2, 0.25) is 0 Å². The maximum absolute atomic E-state index is 14.4. The molecule has 0 saturated heterocycles. The fourth-order valence-electron chi connectivity index (χ4n) is 7.18. The Morgan fingerprint density at radius 1 is 1.29 bits per heavy atom. The molecule has 9 atom stereocenters. The van der Waals surface area contributed by atoms with E-state index < -0.39 is 52.4 Å². The molecule has 0 aromatic rings. The summed E-state index contributed by atoms with van der Waals surface area (Å²) in [5, 5.41) is 34.2. The molecule has 1 spiro atoms. The van der Waals surface area contributed by atoms with Gasteiger partial charge in [0.25, 0.3) is 0 Å². The quantitative estimate of drug-likeness (QED) is 0.304. The van der Waals surface area contributed by atoms with Gasteiger partial charge in [0.05, 0.1) is 5.41 Å². The number of aliphatic hydroxyl groups is 3. The van der Waals surface area contributed by atoms with Crippen LogP contribution in [0, 0.1) is 34.5 Å². The second kappa shape index (κ2) is 8.39. The lowest BCUT2D eigenvalue weighted by molar-refractivity contribution is -0.202. The van der Waals surface area contributed by atoms with Crippen LogP contribution in [0.1, 0.15) is 48.0 Å². The van der Waals surface area contributed by atoms with Crippen LogP contribution < -0.4 is 0 Å². The van der Waals surface area contributed by atoms with Crippen molar-refractivity contribution in [1.29, 1.82) is 0 Å². The number of fused-ring (bicyclic) bond motifs is 3. The van der Waals surface area contributed by atoms with Gasteiger partial charge in [0.1, 0.15) is 12.7 Å². The molecule has 0 aliphatic heterocycles. The molecule has 4 rings (SSSR count). The summed E-state index contributed by atoms with van der Waals surface area (Å²) in [7, 11) is 0. The Balaban J connectivity index is 1.88. The largest absolute Gasteiger partial charge is 0.458 e. The van der Waals surface area contributed by atoms with Crippen molar-refractivity contribution in [3.63, 3.8) is 0 Å². The first-order chi connectivity index (χ1) is 16.3. The van der Waals surface area contributed by atoms with Gasteiger partial charge in [-0.1, -0.05) is 32.1 Å². The van der Waals surface area contributed by atoms with E-state index >= 15 is 0 Å². The zero-order chi connectivity index (χ0) is 26.1. The number of ketones is 1. The number of hydrogen-bond donors (Lipinski definition) is 3. The highest BCUT2D eigenvalue weighted by atomic mass is 16.6. The lowest BCUT2D eigenvalue weighted by Crippen LogP contribution is -2.65. The van der Waals surface area contributed by atoms with E-state index in [1.807, 2.05) is 13.8 Å². The standard InChI is InChI=1S/C27H36O8/c1-7-13(2)24(32)34-11-17-9-18-20-19(25(20,6)12-28)8-15(4)26(22(18)31)10-14(3)23(35-16(5)29)27(26,33)21(17)30/h7,9-10,15,18-21,23,28,30,33H,8,11-12H2,1-6H3/b13-7-/t15-,18+,19-,20+,21-,23+,25-,26+,27+/m1/s1. The first-order valence-corrected chi connectivity index (χ1v) is 12.2. The summed E-state index contributed by atoms with van der Waals surface area (Å²) in [5.74, 6) is -2.74. The van der Waals surface area contributed by atoms with Crippen LogP contribution in [-0.2, 0) is 23.9 Å². The van der Waals surface area contributed by atoms with Crippen molar-refractivity contribution >= 4 is 17.7 Å². The second-order valence-electron chi connectivity index (χ2n) is 11.1. The maximum Gasteiger partial charge on any atom is 0.333 e. The van der Waals surface area contributed by atoms with Gasteiger partial charge in [0.15, 0.2) is 17.5 Å². The van der Waals surface area contributed by atoms with Crippen LogP contribution in [-0.4, -0.2) is 64.1 Å². The number of rotatable bonds is 5. The highest BCUT2D eigenvalue weighted by Gasteiger charge is 2.77. The van der Waals surface area contributed by atoms with Gasteiger partial charge in [0, 0.05) is 25.0 Å². The Hall–Kier alpha value is -2.29. The minimum absolute atomic E-state index is 0.0436. The van der Waals surface area contributed by atoms with Gasteiger partial charge in [-0.15, -0.1) is 0 Å². The van der Waals surface area contributed by atoms with Crippen molar-refractivity contribution in [2.45, 2.75) is 65.8 Å². The van der Waals surface area contributed by atoms with Crippen molar-refractivity contribution in [2.24, 2.45) is 34.5 Å². The Labute approximate surface area is 205 Å². The molecular weight excluding hydrogens is 452 g/mol. The number of Topliss-reactive ketones (excluding diaryl/α,β-unsaturated/α-hetero) is 1. The average Bonchev–Trinajstić information content (AvgIpc) is 3.35. The number of allylic oxidation sites excluding steroid dienone is 2. The van der Waals surface area contributed by atoms with Gasteiger partial charge < -0.3 is 24.8 Å². The highest BCUT2D eigenvalue weighted by molar-refractivity contribution is 5.95. The first kappa shape index (κ1) is 25.8. The van der Waals surface area contributed by atoms with E-state index in [1.54, 1.807) is 39.0 Å². The van der Waals surface area contributed by atoms with Crippen LogP contribution >= 0.6 is 0 Å². The van der Waals surface area contributed by atoms with Crippen LogP contribution in [0.5, 0.6) is 0 Å². The molecule has 0 unspecified atom stereocenters. The van der Waals surface area contributed by atoms with Crippen molar-refractivity contribution in [1.82, 2.24) is 0 Å². The van der Waals surface area contributed by atoms with Crippen LogP contribution in [0.4, 0.5) is 0 Å². The lowest BCUT2D eigenvalue weighted by atomic mass is 9.59. The maximum atomic E-state index is 14.4. The summed E-state index contributed by atoms with van der Waals surface area (Å²) >= 11 is 0. The fraction of sp³-hybridized carbons (Fsp3) is 0.667. The minimum Gasteiger partial charge on any atom is -0.458 e. The zero-order valence-corrected chi connectivity index (χ0v) is 21.2. The molecule has 0 aromatic carbocycles. The minimum atomic E-state index is -2.17. The first-order valence-electron chi connectivity index (χ1n) is 12.2. The van der Waals surface area contributed by atoms with Crippen LogP contribution in [0.3, 0.4) is 0 Å². The van der Waals surface area contributed by atoms with Crippen molar-refractivity contribution in [3.05, 3.63) is 34.9 Å². The van der Waals surface area contributed by atoms with Gasteiger partial charge in [-0.25, -0.2) is 4.79 Å². The molecule has 3 N–H and O–H groups in total. The molecule has 8 heteroatoms. The molecule has 0 heterocycles. The smallest absolute Gasteiger partial charge is 0.333 e. The van der Waals surface area contributed by atoms with Gasteiger partial charge >= 0.3 is 11.9 Å². The number of hydrogen-bond acceptors (Lipinski definition) is 8. The Morgan fingerprint density at radius 3 is 2.51 bits per heavy atom. The third-order valence-electron chi connectivity index (χ3n) is 9.26. The predicted octanol–water partition coefficient (Wildman–Crippen LogP) is 1.88. The summed E-state index contributed by atoms with van der Waals surface area (Å²) < 4.78 is 11.0. The monoisotopic (exact) mass is 488 g/mol. The predicted molar refractivity (Wildman–Crippen MR) is 126 cm³/mol. The number of aliphatic hydroxyl groups excluding tert-OH is 2. The molecule has 0 radical (unpaired) electrons. The molecular formula is C27H36O8. The summed E-state index contributed by atoms with van der Waals surface area (Å²) in [4.78, 5) is 38.7. The van der Waals surface area contributed by atoms with E-state index in [0.717, 1.165) is 0 Å². The number of carbonyl (C=O) groups excluding carboxylic acids is 3. The fourth-order valence-corrected chi connectivity index (χ4v) is 7.18. The molecule has 4 aliphatic carbocycles. The Morgan fingerprint density at radius 2 is 1.94 bits per heavy atom.